The van der Waals surface area contributed by atoms with Gasteiger partial charge in [0.15, 0.2) is 5.96 Å². The highest BCUT2D eigenvalue weighted by Crippen LogP contribution is 2.06. The van der Waals surface area contributed by atoms with E-state index >= 15 is 0 Å². The third-order valence-electron chi connectivity index (χ3n) is 3.40. The van der Waals surface area contributed by atoms with Crippen LogP contribution in [-0.2, 0) is 13.1 Å². The number of nitriles is 1. The average molecular weight is 306 g/mol. The smallest absolute Gasteiger partial charge is 0.191 e. The molecule has 0 saturated carbocycles. The fourth-order valence-electron chi connectivity index (χ4n) is 2.14. The van der Waals surface area contributed by atoms with Crippen LogP contribution in [0, 0.1) is 18.3 Å². The lowest BCUT2D eigenvalue weighted by molar-refractivity contribution is 0.816. The highest BCUT2D eigenvalue weighted by atomic mass is 15.2. The fourth-order valence-corrected chi connectivity index (χ4v) is 2.14. The first-order chi connectivity index (χ1) is 11.2. The first kappa shape index (κ1) is 16.6. The Balaban J connectivity index is 1.99. The number of hydrogen-bond acceptors (Lipinski definition) is 2. The Morgan fingerprint density at radius 1 is 1.09 bits per heavy atom. The van der Waals surface area contributed by atoms with Crippen LogP contribution in [0.25, 0.3) is 0 Å². The minimum atomic E-state index is 0.540. The van der Waals surface area contributed by atoms with Crippen molar-refractivity contribution in [3.05, 3.63) is 70.8 Å². The van der Waals surface area contributed by atoms with Gasteiger partial charge in [-0.2, -0.15) is 5.26 Å². The van der Waals surface area contributed by atoms with Crippen LogP contribution in [0.15, 0.2) is 53.5 Å². The van der Waals surface area contributed by atoms with Crippen LogP contribution in [0.3, 0.4) is 0 Å². The van der Waals surface area contributed by atoms with Crippen LogP contribution in [0.1, 0.15) is 29.2 Å². The van der Waals surface area contributed by atoms with Crippen molar-refractivity contribution in [2.75, 3.05) is 6.54 Å². The van der Waals surface area contributed by atoms with Crippen molar-refractivity contribution >= 4 is 5.96 Å². The second kappa shape index (κ2) is 8.60. The lowest BCUT2D eigenvalue weighted by atomic mass is 10.1. The molecule has 2 aromatic carbocycles. The minimum Gasteiger partial charge on any atom is -0.357 e. The summed E-state index contributed by atoms with van der Waals surface area (Å²) in [5.74, 6) is 0.774. The molecule has 118 valence electrons. The SMILES string of the molecule is CCNC(=NCc1cccc(C#N)c1)NCc1ccc(C)cc1. The van der Waals surface area contributed by atoms with E-state index in [4.69, 9.17) is 5.26 Å². The maximum absolute atomic E-state index is 8.94. The summed E-state index contributed by atoms with van der Waals surface area (Å²) in [6.45, 7) is 6.19. The summed E-state index contributed by atoms with van der Waals surface area (Å²) >= 11 is 0. The van der Waals surface area contributed by atoms with Gasteiger partial charge in [-0.05, 0) is 37.1 Å². The third kappa shape index (κ3) is 5.48. The van der Waals surface area contributed by atoms with Gasteiger partial charge in [-0.3, -0.25) is 0 Å². The van der Waals surface area contributed by atoms with Gasteiger partial charge in [0.1, 0.15) is 0 Å². The summed E-state index contributed by atoms with van der Waals surface area (Å²) in [6.07, 6.45) is 0. The van der Waals surface area contributed by atoms with E-state index in [0.29, 0.717) is 12.1 Å². The Bertz CT molecular complexity index is 696. The number of guanidine groups is 1. The monoisotopic (exact) mass is 306 g/mol. The molecular formula is C19H22N4. The molecule has 0 radical (unpaired) electrons. The van der Waals surface area contributed by atoms with Gasteiger partial charge >= 0.3 is 0 Å². The van der Waals surface area contributed by atoms with Gasteiger partial charge in [0.2, 0.25) is 0 Å². The molecule has 0 aliphatic rings. The van der Waals surface area contributed by atoms with E-state index in [-0.39, 0.29) is 0 Å². The van der Waals surface area contributed by atoms with Crippen molar-refractivity contribution in [1.82, 2.24) is 10.6 Å². The van der Waals surface area contributed by atoms with Gasteiger partial charge in [-0.1, -0.05) is 42.0 Å². The molecule has 2 rings (SSSR count). The number of rotatable bonds is 5. The predicted molar refractivity (Wildman–Crippen MR) is 94.0 cm³/mol. The standard InChI is InChI=1S/C19H22N4/c1-3-21-19(22-13-16-9-7-15(2)8-10-16)23-14-18-6-4-5-17(11-18)12-20/h4-11H,3,13-14H2,1-2H3,(H2,21,22,23). The summed E-state index contributed by atoms with van der Waals surface area (Å²) in [5, 5.41) is 15.5. The summed E-state index contributed by atoms with van der Waals surface area (Å²) < 4.78 is 0. The van der Waals surface area contributed by atoms with Crippen molar-refractivity contribution in [3.63, 3.8) is 0 Å². The number of nitrogens with one attached hydrogen (secondary N) is 2. The molecule has 0 unspecified atom stereocenters. The van der Waals surface area contributed by atoms with Gasteiger partial charge in [0.05, 0.1) is 18.2 Å². The van der Waals surface area contributed by atoms with Gasteiger partial charge in [-0.25, -0.2) is 4.99 Å². The van der Waals surface area contributed by atoms with E-state index in [2.05, 4.69) is 52.9 Å². The maximum atomic E-state index is 8.94. The molecule has 0 aliphatic heterocycles. The maximum Gasteiger partial charge on any atom is 0.191 e. The van der Waals surface area contributed by atoms with E-state index in [1.165, 1.54) is 11.1 Å². The molecule has 0 amide bonds. The molecule has 4 heteroatoms. The summed E-state index contributed by atoms with van der Waals surface area (Å²) in [5.41, 5.74) is 4.16. The lowest BCUT2D eigenvalue weighted by Crippen LogP contribution is -2.36. The predicted octanol–water partition coefficient (Wildman–Crippen LogP) is 3.12. The zero-order chi connectivity index (χ0) is 16.5. The van der Waals surface area contributed by atoms with Crippen molar-refractivity contribution < 1.29 is 0 Å². The molecule has 4 nitrogen and oxygen atoms in total. The Morgan fingerprint density at radius 3 is 2.57 bits per heavy atom. The lowest BCUT2D eigenvalue weighted by Gasteiger charge is -2.11. The van der Waals surface area contributed by atoms with E-state index in [0.717, 1.165) is 24.6 Å². The topological polar surface area (TPSA) is 60.2 Å². The summed E-state index contributed by atoms with van der Waals surface area (Å²) in [6, 6.07) is 18.1. The Hall–Kier alpha value is -2.80. The molecule has 23 heavy (non-hydrogen) atoms. The van der Waals surface area contributed by atoms with Gasteiger partial charge in [0, 0.05) is 13.1 Å². The van der Waals surface area contributed by atoms with Crippen molar-refractivity contribution in [1.29, 1.82) is 5.26 Å². The number of benzene rings is 2. The first-order valence-electron chi connectivity index (χ1n) is 7.78. The molecular weight excluding hydrogens is 284 g/mol. The van der Waals surface area contributed by atoms with E-state index in [1.807, 2.05) is 25.1 Å². The molecule has 0 heterocycles. The normalized spacial score (nSPS) is 10.9. The molecule has 0 aliphatic carbocycles. The largest absolute Gasteiger partial charge is 0.357 e. The van der Waals surface area contributed by atoms with Gasteiger partial charge < -0.3 is 10.6 Å². The average Bonchev–Trinajstić information content (AvgIpc) is 2.59. The Kier molecular flexibility index (Phi) is 6.19. The molecule has 2 N–H and O–H groups in total. The highest BCUT2D eigenvalue weighted by molar-refractivity contribution is 5.79. The van der Waals surface area contributed by atoms with Crippen LogP contribution < -0.4 is 10.6 Å². The van der Waals surface area contributed by atoms with E-state index < -0.39 is 0 Å². The van der Waals surface area contributed by atoms with Crippen LogP contribution >= 0.6 is 0 Å². The number of aryl methyl sites for hydroxylation is 1. The first-order valence-corrected chi connectivity index (χ1v) is 7.78. The zero-order valence-electron chi connectivity index (χ0n) is 13.6. The summed E-state index contributed by atoms with van der Waals surface area (Å²) in [7, 11) is 0. The number of nitrogens with zero attached hydrogens (tertiary/aromatic N) is 2. The number of hydrogen-bond donors (Lipinski definition) is 2. The molecule has 0 bridgehead atoms. The highest BCUT2D eigenvalue weighted by Gasteiger charge is 1.99. The van der Waals surface area contributed by atoms with Crippen molar-refractivity contribution in [2.45, 2.75) is 26.9 Å². The van der Waals surface area contributed by atoms with Crippen molar-refractivity contribution in [2.24, 2.45) is 4.99 Å². The number of aliphatic imine (C=N–C) groups is 1. The van der Waals surface area contributed by atoms with E-state index in [1.54, 1.807) is 6.07 Å². The molecule has 0 spiro atoms. The molecule has 0 fully saturated rings. The van der Waals surface area contributed by atoms with Crippen molar-refractivity contribution in [3.8, 4) is 6.07 Å². The minimum absolute atomic E-state index is 0.540. The second-order valence-electron chi connectivity index (χ2n) is 5.35. The zero-order valence-corrected chi connectivity index (χ0v) is 13.6. The van der Waals surface area contributed by atoms with Crippen LogP contribution in [0.4, 0.5) is 0 Å². The second-order valence-corrected chi connectivity index (χ2v) is 5.35. The molecule has 0 aromatic heterocycles. The fraction of sp³-hybridized carbons (Fsp3) is 0.263. The third-order valence-corrected chi connectivity index (χ3v) is 3.40. The Labute approximate surface area is 137 Å². The molecule has 0 atom stereocenters. The summed E-state index contributed by atoms with van der Waals surface area (Å²) in [4.78, 5) is 4.58. The Morgan fingerprint density at radius 2 is 1.87 bits per heavy atom. The quantitative estimate of drug-likeness (QED) is 0.659. The van der Waals surface area contributed by atoms with Crippen LogP contribution in [0.5, 0.6) is 0 Å². The molecule has 0 saturated heterocycles. The van der Waals surface area contributed by atoms with Crippen LogP contribution in [-0.4, -0.2) is 12.5 Å². The van der Waals surface area contributed by atoms with Gasteiger partial charge in [-0.15, -0.1) is 0 Å². The van der Waals surface area contributed by atoms with E-state index in [9.17, 15) is 0 Å². The molecule has 2 aromatic rings. The van der Waals surface area contributed by atoms with Crippen LogP contribution in [0.2, 0.25) is 0 Å². The van der Waals surface area contributed by atoms with Gasteiger partial charge in [0.25, 0.3) is 0 Å².